The zero-order chi connectivity index (χ0) is 16.8. The Hall–Kier alpha value is -1.39. The summed E-state index contributed by atoms with van der Waals surface area (Å²) in [6.45, 7) is 2.89. The maximum atomic E-state index is 12.7. The van der Waals surface area contributed by atoms with E-state index in [2.05, 4.69) is 53.9 Å². The van der Waals surface area contributed by atoms with Crippen LogP contribution in [0.2, 0.25) is 0 Å². The Bertz CT molecular complexity index is 609. The van der Waals surface area contributed by atoms with E-state index in [1.54, 1.807) is 0 Å². The SMILES string of the molecule is CN(C)C1(CNC(=O)C2CC23CCNCC3)Cc2ccccc2C1. The lowest BCUT2D eigenvalue weighted by atomic mass is 9.91. The first-order chi connectivity index (χ1) is 11.5. The second-order valence-electron chi connectivity index (χ2n) is 8.33. The number of fused-ring (bicyclic) bond motifs is 1. The number of nitrogens with one attached hydrogen (secondary N) is 2. The Balaban J connectivity index is 1.40. The van der Waals surface area contributed by atoms with Crippen LogP contribution in [-0.2, 0) is 17.6 Å². The van der Waals surface area contributed by atoms with Crippen LogP contribution in [-0.4, -0.2) is 50.1 Å². The van der Waals surface area contributed by atoms with E-state index in [-0.39, 0.29) is 17.4 Å². The van der Waals surface area contributed by atoms with Crippen molar-refractivity contribution in [3.8, 4) is 0 Å². The molecule has 0 bridgehead atoms. The lowest BCUT2D eigenvalue weighted by Gasteiger charge is -2.36. The van der Waals surface area contributed by atoms with Gasteiger partial charge in [-0.05, 0) is 75.8 Å². The molecule has 3 aliphatic rings. The molecule has 24 heavy (non-hydrogen) atoms. The minimum atomic E-state index is 0.0233. The van der Waals surface area contributed by atoms with Crippen LogP contribution < -0.4 is 10.6 Å². The highest BCUT2D eigenvalue weighted by Gasteiger charge is 2.57. The minimum Gasteiger partial charge on any atom is -0.354 e. The quantitative estimate of drug-likeness (QED) is 0.883. The van der Waals surface area contributed by atoms with E-state index in [9.17, 15) is 4.79 Å². The van der Waals surface area contributed by atoms with Crippen molar-refractivity contribution in [1.82, 2.24) is 15.5 Å². The summed E-state index contributed by atoms with van der Waals surface area (Å²) in [7, 11) is 4.28. The number of amides is 1. The monoisotopic (exact) mass is 327 g/mol. The smallest absolute Gasteiger partial charge is 0.223 e. The van der Waals surface area contributed by atoms with Crippen molar-refractivity contribution in [3.05, 3.63) is 35.4 Å². The molecule has 1 amide bonds. The van der Waals surface area contributed by atoms with Gasteiger partial charge in [0.1, 0.15) is 0 Å². The molecule has 1 saturated heterocycles. The molecule has 1 atom stereocenters. The van der Waals surface area contributed by atoms with Gasteiger partial charge in [-0.3, -0.25) is 4.79 Å². The molecule has 0 radical (unpaired) electrons. The lowest BCUT2D eigenvalue weighted by Crippen LogP contribution is -2.54. The normalized spacial score (nSPS) is 26.4. The molecule has 1 aliphatic heterocycles. The maximum Gasteiger partial charge on any atom is 0.223 e. The van der Waals surface area contributed by atoms with E-state index in [0.29, 0.717) is 5.41 Å². The van der Waals surface area contributed by atoms with E-state index < -0.39 is 0 Å². The van der Waals surface area contributed by atoms with Gasteiger partial charge < -0.3 is 15.5 Å². The number of likely N-dealkylation sites (N-methyl/N-ethyl adjacent to an activating group) is 1. The van der Waals surface area contributed by atoms with E-state index >= 15 is 0 Å². The third kappa shape index (κ3) is 2.66. The lowest BCUT2D eigenvalue weighted by molar-refractivity contribution is -0.123. The van der Waals surface area contributed by atoms with Gasteiger partial charge in [-0.2, -0.15) is 0 Å². The third-order valence-corrected chi connectivity index (χ3v) is 6.80. The summed E-state index contributed by atoms with van der Waals surface area (Å²) < 4.78 is 0. The van der Waals surface area contributed by atoms with Gasteiger partial charge in [0.25, 0.3) is 0 Å². The van der Waals surface area contributed by atoms with Gasteiger partial charge >= 0.3 is 0 Å². The molecule has 4 heteroatoms. The van der Waals surface area contributed by atoms with Gasteiger partial charge in [-0.15, -0.1) is 0 Å². The van der Waals surface area contributed by atoms with Crippen LogP contribution in [0.5, 0.6) is 0 Å². The average molecular weight is 327 g/mol. The van der Waals surface area contributed by atoms with Crippen LogP contribution in [0, 0.1) is 11.3 Å². The van der Waals surface area contributed by atoms with Crippen molar-refractivity contribution in [2.24, 2.45) is 11.3 Å². The molecule has 4 nitrogen and oxygen atoms in total. The van der Waals surface area contributed by atoms with Crippen LogP contribution in [0.1, 0.15) is 30.4 Å². The van der Waals surface area contributed by atoms with Crippen molar-refractivity contribution in [1.29, 1.82) is 0 Å². The molecule has 1 unspecified atom stereocenters. The first kappa shape index (κ1) is 16.1. The summed E-state index contributed by atoms with van der Waals surface area (Å²) in [5.74, 6) is 0.539. The Morgan fingerprint density at radius 1 is 1.21 bits per heavy atom. The maximum absolute atomic E-state index is 12.7. The summed E-state index contributed by atoms with van der Waals surface area (Å²) in [5.41, 5.74) is 3.21. The number of hydrogen-bond acceptors (Lipinski definition) is 3. The summed E-state index contributed by atoms with van der Waals surface area (Å²) >= 11 is 0. The Morgan fingerprint density at radius 3 is 2.42 bits per heavy atom. The number of piperidine rings is 1. The third-order valence-electron chi connectivity index (χ3n) is 6.80. The van der Waals surface area contributed by atoms with Gasteiger partial charge in [0.15, 0.2) is 0 Å². The first-order valence-electron chi connectivity index (χ1n) is 9.27. The fourth-order valence-corrected chi connectivity index (χ4v) is 4.84. The summed E-state index contributed by atoms with van der Waals surface area (Å²) in [6.07, 6.45) is 5.47. The van der Waals surface area contributed by atoms with Crippen LogP contribution in [0.3, 0.4) is 0 Å². The van der Waals surface area contributed by atoms with Gasteiger partial charge in [0.2, 0.25) is 5.91 Å². The number of hydrogen-bond donors (Lipinski definition) is 2. The average Bonchev–Trinajstić information content (AvgIpc) is 3.12. The minimum absolute atomic E-state index is 0.0233. The summed E-state index contributed by atoms with van der Waals surface area (Å²) in [4.78, 5) is 15.0. The molecule has 130 valence electrons. The van der Waals surface area contributed by atoms with E-state index in [4.69, 9.17) is 0 Å². The second-order valence-corrected chi connectivity index (χ2v) is 8.33. The van der Waals surface area contributed by atoms with Gasteiger partial charge in [0, 0.05) is 18.0 Å². The predicted molar refractivity (Wildman–Crippen MR) is 95.9 cm³/mol. The van der Waals surface area contributed by atoms with Crippen molar-refractivity contribution >= 4 is 5.91 Å². The van der Waals surface area contributed by atoms with Crippen LogP contribution >= 0.6 is 0 Å². The predicted octanol–water partition coefficient (Wildman–Crippen LogP) is 1.59. The van der Waals surface area contributed by atoms with Crippen LogP contribution in [0.15, 0.2) is 24.3 Å². The van der Waals surface area contributed by atoms with E-state index in [0.717, 1.165) is 51.7 Å². The molecule has 2 aliphatic carbocycles. The van der Waals surface area contributed by atoms with Crippen molar-refractivity contribution in [3.63, 3.8) is 0 Å². The summed E-state index contributed by atoms with van der Waals surface area (Å²) in [6, 6.07) is 8.70. The first-order valence-corrected chi connectivity index (χ1v) is 9.27. The highest BCUT2D eigenvalue weighted by Crippen LogP contribution is 2.58. The molecule has 1 spiro atoms. The second kappa shape index (κ2) is 5.85. The fraction of sp³-hybridized carbons (Fsp3) is 0.650. The molecule has 1 aromatic rings. The molecule has 2 fully saturated rings. The molecular weight excluding hydrogens is 298 g/mol. The van der Waals surface area contributed by atoms with Gasteiger partial charge in [-0.25, -0.2) is 0 Å². The Morgan fingerprint density at radius 2 is 1.83 bits per heavy atom. The van der Waals surface area contributed by atoms with Crippen molar-refractivity contribution < 1.29 is 4.79 Å². The van der Waals surface area contributed by atoms with Crippen molar-refractivity contribution in [2.45, 2.75) is 37.6 Å². The van der Waals surface area contributed by atoms with E-state index in [1.807, 2.05) is 0 Å². The number of benzene rings is 1. The van der Waals surface area contributed by atoms with Crippen LogP contribution in [0.25, 0.3) is 0 Å². The molecule has 1 aromatic carbocycles. The van der Waals surface area contributed by atoms with Gasteiger partial charge in [-0.1, -0.05) is 24.3 Å². The highest BCUT2D eigenvalue weighted by atomic mass is 16.2. The largest absolute Gasteiger partial charge is 0.354 e. The molecule has 0 aromatic heterocycles. The Labute approximate surface area is 145 Å². The van der Waals surface area contributed by atoms with Gasteiger partial charge in [0.05, 0.1) is 0 Å². The molecular formula is C20H29N3O. The number of rotatable bonds is 4. The standard InChI is InChI=1S/C20H29N3O/c1-23(2)20(11-15-5-3-4-6-16(15)12-20)14-22-18(24)17-13-19(17)7-9-21-10-8-19/h3-6,17,21H,7-14H2,1-2H3,(H,22,24). The topological polar surface area (TPSA) is 44.4 Å². The molecule has 4 rings (SSSR count). The molecule has 1 saturated carbocycles. The highest BCUT2D eigenvalue weighted by molar-refractivity contribution is 5.82. The zero-order valence-corrected chi connectivity index (χ0v) is 14.9. The fourth-order valence-electron chi connectivity index (χ4n) is 4.84. The zero-order valence-electron chi connectivity index (χ0n) is 14.9. The Kier molecular flexibility index (Phi) is 3.92. The van der Waals surface area contributed by atoms with E-state index in [1.165, 1.54) is 11.1 Å². The number of nitrogens with zero attached hydrogens (tertiary/aromatic N) is 1. The number of carbonyl (C=O) groups is 1. The molecule has 1 heterocycles. The molecule has 2 N–H and O–H groups in total. The summed E-state index contributed by atoms with van der Waals surface area (Å²) in [5, 5.41) is 6.72. The van der Waals surface area contributed by atoms with Crippen molar-refractivity contribution in [2.75, 3.05) is 33.7 Å². The van der Waals surface area contributed by atoms with Crippen LogP contribution in [0.4, 0.5) is 0 Å². The number of carbonyl (C=O) groups excluding carboxylic acids is 1.